The van der Waals surface area contributed by atoms with E-state index >= 15 is 0 Å². The fourth-order valence-electron chi connectivity index (χ4n) is 1.90. The molecular formula is C11H13ClIN. The third-order valence-electron chi connectivity index (χ3n) is 2.71. The predicted octanol–water partition coefficient (Wildman–Crippen LogP) is 3.41. The summed E-state index contributed by atoms with van der Waals surface area (Å²) in [7, 11) is 0. The van der Waals surface area contributed by atoms with Crippen LogP contribution in [0.1, 0.15) is 24.3 Å². The summed E-state index contributed by atoms with van der Waals surface area (Å²) in [5, 5.41) is 4.31. The molecule has 1 fully saturated rings. The molecular weight excluding hydrogens is 308 g/mol. The molecule has 1 saturated heterocycles. The second-order valence-electron chi connectivity index (χ2n) is 3.72. The molecule has 1 nitrogen and oxygen atoms in total. The lowest BCUT2D eigenvalue weighted by atomic mass is 9.92. The van der Waals surface area contributed by atoms with Crippen molar-refractivity contribution in [1.82, 2.24) is 5.32 Å². The normalized spacial score (nSPS) is 22.3. The van der Waals surface area contributed by atoms with Crippen LogP contribution in [0, 0.1) is 3.57 Å². The molecule has 1 aromatic carbocycles. The fourth-order valence-corrected chi connectivity index (χ4v) is 2.43. The van der Waals surface area contributed by atoms with Gasteiger partial charge >= 0.3 is 0 Å². The first-order chi connectivity index (χ1) is 6.77. The van der Waals surface area contributed by atoms with Crippen LogP contribution in [0.25, 0.3) is 0 Å². The SMILES string of the molecule is Clc1cc(C2CCCNC2)ccc1I. The van der Waals surface area contributed by atoms with Crippen molar-refractivity contribution in [3.05, 3.63) is 32.4 Å². The van der Waals surface area contributed by atoms with Crippen molar-refractivity contribution in [2.45, 2.75) is 18.8 Å². The molecule has 0 aromatic heterocycles. The van der Waals surface area contributed by atoms with Gasteiger partial charge in [0.2, 0.25) is 0 Å². The molecule has 0 spiro atoms. The van der Waals surface area contributed by atoms with Gasteiger partial charge in [0.1, 0.15) is 0 Å². The van der Waals surface area contributed by atoms with Gasteiger partial charge in [-0.25, -0.2) is 0 Å². The Bertz CT molecular complexity index is 321. The Kier molecular flexibility index (Phi) is 3.68. The third kappa shape index (κ3) is 2.41. The summed E-state index contributed by atoms with van der Waals surface area (Å²) in [6.07, 6.45) is 2.55. The van der Waals surface area contributed by atoms with E-state index in [1.54, 1.807) is 0 Å². The molecule has 0 radical (unpaired) electrons. The summed E-state index contributed by atoms with van der Waals surface area (Å²) in [5.74, 6) is 0.651. The van der Waals surface area contributed by atoms with Crippen LogP contribution in [0.5, 0.6) is 0 Å². The maximum absolute atomic E-state index is 6.11. The van der Waals surface area contributed by atoms with E-state index in [4.69, 9.17) is 11.6 Å². The number of hydrogen-bond donors (Lipinski definition) is 1. The summed E-state index contributed by atoms with van der Waals surface area (Å²) in [5.41, 5.74) is 1.38. The van der Waals surface area contributed by atoms with Crippen molar-refractivity contribution in [2.24, 2.45) is 0 Å². The molecule has 1 aliphatic heterocycles. The highest BCUT2D eigenvalue weighted by molar-refractivity contribution is 14.1. The topological polar surface area (TPSA) is 12.0 Å². The molecule has 0 saturated carbocycles. The Labute approximate surface area is 103 Å². The zero-order valence-electron chi connectivity index (χ0n) is 7.89. The monoisotopic (exact) mass is 321 g/mol. The van der Waals surface area contributed by atoms with Gasteiger partial charge < -0.3 is 5.32 Å². The minimum atomic E-state index is 0.651. The van der Waals surface area contributed by atoms with Crippen LogP contribution in [0.15, 0.2) is 18.2 Å². The van der Waals surface area contributed by atoms with E-state index in [0.29, 0.717) is 5.92 Å². The highest BCUT2D eigenvalue weighted by Gasteiger charge is 2.15. The maximum Gasteiger partial charge on any atom is 0.0542 e. The average molecular weight is 322 g/mol. The van der Waals surface area contributed by atoms with Gasteiger partial charge in [-0.05, 0) is 65.6 Å². The summed E-state index contributed by atoms with van der Waals surface area (Å²) >= 11 is 8.37. The van der Waals surface area contributed by atoms with Crippen molar-refractivity contribution < 1.29 is 0 Å². The van der Waals surface area contributed by atoms with Gasteiger partial charge in [-0.2, -0.15) is 0 Å². The molecule has 1 unspecified atom stereocenters. The second-order valence-corrected chi connectivity index (χ2v) is 5.29. The van der Waals surface area contributed by atoms with Crippen molar-refractivity contribution >= 4 is 34.2 Å². The van der Waals surface area contributed by atoms with E-state index in [1.807, 2.05) is 0 Å². The third-order valence-corrected chi connectivity index (χ3v) is 4.28. The number of halogens is 2. The quantitative estimate of drug-likeness (QED) is 0.782. The zero-order chi connectivity index (χ0) is 9.97. The number of rotatable bonds is 1. The van der Waals surface area contributed by atoms with Crippen LogP contribution in [-0.2, 0) is 0 Å². The Morgan fingerprint density at radius 2 is 2.29 bits per heavy atom. The number of hydrogen-bond acceptors (Lipinski definition) is 1. The van der Waals surface area contributed by atoms with Gasteiger partial charge in [-0.3, -0.25) is 0 Å². The Morgan fingerprint density at radius 3 is 2.93 bits per heavy atom. The minimum absolute atomic E-state index is 0.651. The van der Waals surface area contributed by atoms with Crippen molar-refractivity contribution in [2.75, 3.05) is 13.1 Å². The molecule has 0 amide bonds. The molecule has 1 N–H and O–H groups in total. The van der Waals surface area contributed by atoms with Gasteiger partial charge in [0, 0.05) is 10.1 Å². The van der Waals surface area contributed by atoms with Gasteiger partial charge in [0.15, 0.2) is 0 Å². The van der Waals surface area contributed by atoms with Crippen molar-refractivity contribution in [1.29, 1.82) is 0 Å². The van der Waals surface area contributed by atoms with Gasteiger partial charge in [-0.15, -0.1) is 0 Å². The van der Waals surface area contributed by atoms with Crippen molar-refractivity contribution in [3.8, 4) is 0 Å². The lowest BCUT2D eigenvalue weighted by Gasteiger charge is -2.23. The van der Waals surface area contributed by atoms with Crippen LogP contribution >= 0.6 is 34.2 Å². The molecule has 76 valence electrons. The van der Waals surface area contributed by atoms with E-state index in [9.17, 15) is 0 Å². The van der Waals surface area contributed by atoms with Gasteiger partial charge in [0.25, 0.3) is 0 Å². The Hall–Kier alpha value is 0.200. The van der Waals surface area contributed by atoms with E-state index in [1.165, 1.54) is 18.4 Å². The second kappa shape index (κ2) is 4.81. The van der Waals surface area contributed by atoms with Gasteiger partial charge in [-0.1, -0.05) is 17.7 Å². The maximum atomic E-state index is 6.11. The lowest BCUT2D eigenvalue weighted by molar-refractivity contribution is 0.461. The Balaban J connectivity index is 2.18. The Morgan fingerprint density at radius 1 is 1.43 bits per heavy atom. The summed E-state index contributed by atoms with van der Waals surface area (Å²) in [6.45, 7) is 2.26. The molecule has 2 rings (SSSR count). The number of benzene rings is 1. The fraction of sp³-hybridized carbons (Fsp3) is 0.455. The molecule has 14 heavy (non-hydrogen) atoms. The molecule has 0 aliphatic carbocycles. The lowest BCUT2D eigenvalue weighted by Crippen LogP contribution is -2.28. The first kappa shape index (κ1) is 10.7. The van der Waals surface area contributed by atoms with E-state index in [-0.39, 0.29) is 0 Å². The van der Waals surface area contributed by atoms with Crippen LogP contribution in [0.3, 0.4) is 0 Å². The average Bonchev–Trinajstić information content (AvgIpc) is 2.23. The molecule has 3 heteroatoms. The predicted molar refractivity (Wildman–Crippen MR) is 69.0 cm³/mol. The first-order valence-electron chi connectivity index (χ1n) is 4.93. The molecule has 1 atom stereocenters. The zero-order valence-corrected chi connectivity index (χ0v) is 10.8. The molecule has 1 aliphatic rings. The summed E-state index contributed by atoms with van der Waals surface area (Å²) in [6, 6.07) is 6.42. The van der Waals surface area contributed by atoms with Crippen molar-refractivity contribution in [3.63, 3.8) is 0 Å². The highest BCUT2D eigenvalue weighted by Crippen LogP contribution is 2.27. The smallest absolute Gasteiger partial charge is 0.0542 e. The minimum Gasteiger partial charge on any atom is -0.316 e. The molecule has 1 heterocycles. The summed E-state index contributed by atoms with van der Waals surface area (Å²) in [4.78, 5) is 0. The van der Waals surface area contributed by atoms with Gasteiger partial charge in [0.05, 0.1) is 5.02 Å². The summed E-state index contributed by atoms with van der Waals surface area (Å²) < 4.78 is 1.14. The van der Waals surface area contributed by atoms with Crippen LogP contribution in [0.2, 0.25) is 5.02 Å². The number of piperidine rings is 1. The molecule has 0 bridgehead atoms. The standard InChI is InChI=1S/C11H13ClIN/c12-10-6-8(3-4-11(10)13)9-2-1-5-14-7-9/h3-4,6,9,14H,1-2,5,7H2. The van der Waals surface area contributed by atoms with E-state index in [2.05, 4.69) is 46.1 Å². The molecule has 1 aromatic rings. The van der Waals surface area contributed by atoms with Crippen LogP contribution in [-0.4, -0.2) is 13.1 Å². The van der Waals surface area contributed by atoms with E-state index in [0.717, 1.165) is 21.7 Å². The first-order valence-corrected chi connectivity index (χ1v) is 6.38. The number of nitrogens with one attached hydrogen (secondary N) is 1. The van der Waals surface area contributed by atoms with Crippen LogP contribution < -0.4 is 5.32 Å². The largest absolute Gasteiger partial charge is 0.316 e. The highest BCUT2D eigenvalue weighted by atomic mass is 127. The van der Waals surface area contributed by atoms with E-state index < -0.39 is 0 Å². The van der Waals surface area contributed by atoms with Crippen LogP contribution in [0.4, 0.5) is 0 Å².